The minimum atomic E-state index is -0.422. The Morgan fingerprint density at radius 1 is 1.39 bits per heavy atom. The summed E-state index contributed by atoms with van der Waals surface area (Å²) in [7, 11) is 0. The van der Waals surface area contributed by atoms with Crippen LogP contribution in [0.1, 0.15) is 25.7 Å². The van der Waals surface area contributed by atoms with Gasteiger partial charge in [-0.25, -0.2) is 9.37 Å². The Balaban J connectivity index is 1.85. The molecule has 1 saturated heterocycles. The molecule has 1 aliphatic carbocycles. The first-order valence-electron chi connectivity index (χ1n) is 6.26. The van der Waals surface area contributed by atoms with Gasteiger partial charge < -0.3 is 9.64 Å². The van der Waals surface area contributed by atoms with Crippen molar-refractivity contribution in [2.45, 2.75) is 31.3 Å². The monoisotopic (exact) mass is 271 g/mol. The number of morpholine rings is 1. The number of hydrogen-bond donors (Lipinski definition) is 0. The lowest BCUT2D eigenvalue weighted by atomic mass is 10.00. The largest absolute Gasteiger partial charge is 0.371 e. The van der Waals surface area contributed by atoms with Crippen LogP contribution in [0, 0.1) is 5.82 Å². The first-order chi connectivity index (χ1) is 8.69. The molecule has 2 fully saturated rings. The number of aromatic nitrogens is 2. The van der Waals surface area contributed by atoms with Gasteiger partial charge in [0.15, 0.2) is 11.6 Å². The normalized spacial score (nSPS) is 22.7. The third kappa shape index (κ3) is 2.17. The summed E-state index contributed by atoms with van der Waals surface area (Å²) in [5, 5.41) is 0.0818. The van der Waals surface area contributed by atoms with Crippen LogP contribution in [0.2, 0.25) is 5.28 Å². The highest BCUT2D eigenvalue weighted by Gasteiger charge is 2.40. The summed E-state index contributed by atoms with van der Waals surface area (Å²) in [6.07, 6.45) is 5.58. The van der Waals surface area contributed by atoms with Crippen LogP contribution in [0.15, 0.2) is 6.20 Å². The third-order valence-electron chi connectivity index (χ3n) is 3.76. The molecule has 2 aliphatic rings. The summed E-state index contributed by atoms with van der Waals surface area (Å²) >= 11 is 5.74. The molecule has 0 radical (unpaired) electrons. The van der Waals surface area contributed by atoms with E-state index in [4.69, 9.17) is 16.3 Å². The van der Waals surface area contributed by atoms with Crippen molar-refractivity contribution in [3.63, 3.8) is 0 Å². The highest BCUT2D eigenvalue weighted by Crippen LogP contribution is 2.37. The first kappa shape index (κ1) is 12.1. The van der Waals surface area contributed by atoms with Crippen molar-refractivity contribution in [1.29, 1.82) is 0 Å². The molecule has 1 aromatic heterocycles. The van der Waals surface area contributed by atoms with Gasteiger partial charge in [-0.05, 0) is 24.4 Å². The van der Waals surface area contributed by atoms with Crippen molar-refractivity contribution in [1.82, 2.24) is 9.97 Å². The Morgan fingerprint density at radius 3 is 2.94 bits per heavy atom. The molecule has 0 unspecified atom stereocenters. The van der Waals surface area contributed by atoms with Crippen molar-refractivity contribution in [3.05, 3.63) is 17.3 Å². The van der Waals surface area contributed by atoms with Gasteiger partial charge in [0.25, 0.3) is 0 Å². The van der Waals surface area contributed by atoms with E-state index in [1.165, 1.54) is 12.8 Å². The highest BCUT2D eigenvalue weighted by atomic mass is 35.5. The van der Waals surface area contributed by atoms with Crippen LogP contribution in [0.25, 0.3) is 0 Å². The van der Waals surface area contributed by atoms with Crippen LogP contribution in [-0.4, -0.2) is 35.3 Å². The molecular formula is C12H15ClFN3O. The van der Waals surface area contributed by atoms with Crippen LogP contribution < -0.4 is 4.90 Å². The topological polar surface area (TPSA) is 38.2 Å². The van der Waals surface area contributed by atoms with E-state index < -0.39 is 5.82 Å². The fourth-order valence-corrected chi connectivity index (χ4v) is 3.04. The van der Waals surface area contributed by atoms with E-state index in [0.717, 1.165) is 19.0 Å². The number of hydrogen-bond acceptors (Lipinski definition) is 4. The molecule has 1 spiro atoms. The highest BCUT2D eigenvalue weighted by molar-refractivity contribution is 6.28. The molecule has 0 atom stereocenters. The summed E-state index contributed by atoms with van der Waals surface area (Å²) in [5.41, 5.74) is -0.109. The van der Waals surface area contributed by atoms with Gasteiger partial charge in [0.2, 0.25) is 5.28 Å². The maximum atomic E-state index is 13.8. The molecular weight excluding hydrogens is 257 g/mol. The minimum Gasteiger partial charge on any atom is -0.371 e. The fourth-order valence-electron chi connectivity index (χ4n) is 2.91. The summed E-state index contributed by atoms with van der Waals surface area (Å²) in [4.78, 5) is 9.57. The van der Waals surface area contributed by atoms with Gasteiger partial charge in [0, 0.05) is 13.1 Å². The maximum Gasteiger partial charge on any atom is 0.224 e. The van der Waals surface area contributed by atoms with Crippen molar-refractivity contribution in [3.8, 4) is 0 Å². The third-order valence-corrected chi connectivity index (χ3v) is 3.94. The van der Waals surface area contributed by atoms with E-state index in [-0.39, 0.29) is 10.9 Å². The molecule has 0 N–H and O–H groups in total. The molecule has 0 bridgehead atoms. The summed E-state index contributed by atoms with van der Waals surface area (Å²) in [5.74, 6) is -0.126. The van der Waals surface area contributed by atoms with Crippen LogP contribution in [0.5, 0.6) is 0 Å². The van der Waals surface area contributed by atoms with E-state index >= 15 is 0 Å². The number of rotatable bonds is 1. The standard InChI is InChI=1S/C12H15ClFN3O/c13-11-15-7-9(14)10(16-11)17-5-6-18-12(8-17)3-1-2-4-12/h7H,1-6,8H2. The van der Waals surface area contributed by atoms with E-state index in [2.05, 4.69) is 9.97 Å². The van der Waals surface area contributed by atoms with Gasteiger partial charge in [0.05, 0.1) is 18.4 Å². The summed E-state index contributed by atoms with van der Waals surface area (Å²) in [6.45, 7) is 1.95. The molecule has 3 rings (SSSR count). The van der Waals surface area contributed by atoms with E-state index in [9.17, 15) is 4.39 Å². The van der Waals surface area contributed by atoms with Crippen LogP contribution in [0.4, 0.5) is 10.2 Å². The lowest BCUT2D eigenvalue weighted by molar-refractivity contribution is -0.0505. The van der Waals surface area contributed by atoms with E-state index in [0.29, 0.717) is 25.5 Å². The van der Waals surface area contributed by atoms with Crippen molar-refractivity contribution in [2.24, 2.45) is 0 Å². The average Bonchev–Trinajstić information content (AvgIpc) is 2.80. The molecule has 1 aromatic rings. The molecule has 18 heavy (non-hydrogen) atoms. The number of halogens is 2. The second kappa shape index (κ2) is 4.63. The molecule has 6 heteroatoms. The molecule has 1 saturated carbocycles. The van der Waals surface area contributed by atoms with Gasteiger partial charge in [-0.1, -0.05) is 12.8 Å². The van der Waals surface area contributed by atoms with Crippen molar-refractivity contribution in [2.75, 3.05) is 24.6 Å². The predicted molar refractivity (Wildman–Crippen MR) is 66.4 cm³/mol. The molecule has 2 heterocycles. The number of anilines is 1. The molecule has 0 aromatic carbocycles. The molecule has 1 aliphatic heterocycles. The fraction of sp³-hybridized carbons (Fsp3) is 0.667. The van der Waals surface area contributed by atoms with Crippen LogP contribution in [-0.2, 0) is 4.74 Å². The Labute approximate surface area is 110 Å². The van der Waals surface area contributed by atoms with Gasteiger partial charge in [-0.2, -0.15) is 4.98 Å². The Kier molecular flexibility index (Phi) is 3.11. The molecule has 0 amide bonds. The molecule has 98 valence electrons. The number of nitrogens with zero attached hydrogens (tertiary/aromatic N) is 3. The van der Waals surface area contributed by atoms with Gasteiger partial charge in [0.1, 0.15) is 0 Å². The minimum absolute atomic E-state index is 0.0818. The second-order valence-electron chi connectivity index (χ2n) is 4.97. The lowest BCUT2D eigenvalue weighted by Crippen LogP contribution is -2.51. The zero-order chi connectivity index (χ0) is 12.6. The Morgan fingerprint density at radius 2 is 2.17 bits per heavy atom. The van der Waals surface area contributed by atoms with Crippen LogP contribution >= 0.6 is 11.6 Å². The predicted octanol–water partition coefficient (Wildman–Crippen LogP) is 2.42. The molecule has 4 nitrogen and oxygen atoms in total. The zero-order valence-corrected chi connectivity index (χ0v) is 10.8. The average molecular weight is 272 g/mol. The first-order valence-corrected chi connectivity index (χ1v) is 6.63. The van der Waals surface area contributed by atoms with Crippen molar-refractivity contribution >= 4 is 17.4 Å². The van der Waals surface area contributed by atoms with Crippen molar-refractivity contribution < 1.29 is 9.13 Å². The Hall–Kier alpha value is -0.940. The van der Waals surface area contributed by atoms with Gasteiger partial charge in [-0.15, -0.1) is 0 Å². The SMILES string of the molecule is Fc1cnc(Cl)nc1N1CCOC2(CCCC2)C1. The maximum absolute atomic E-state index is 13.8. The number of ether oxygens (including phenoxy) is 1. The summed E-state index contributed by atoms with van der Waals surface area (Å²) < 4.78 is 19.7. The van der Waals surface area contributed by atoms with Gasteiger partial charge in [-0.3, -0.25) is 0 Å². The van der Waals surface area contributed by atoms with E-state index in [1.807, 2.05) is 4.90 Å². The second-order valence-corrected chi connectivity index (χ2v) is 5.31. The lowest BCUT2D eigenvalue weighted by Gasteiger charge is -2.41. The van der Waals surface area contributed by atoms with Gasteiger partial charge >= 0.3 is 0 Å². The quantitative estimate of drug-likeness (QED) is 0.736. The van der Waals surface area contributed by atoms with Crippen LogP contribution in [0.3, 0.4) is 0 Å². The smallest absolute Gasteiger partial charge is 0.224 e. The zero-order valence-electron chi connectivity index (χ0n) is 10.0. The Bertz CT molecular complexity index is 451. The van der Waals surface area contributed by atoms with E-state index in [1.54, 1.807) is 0 Å². The summed E-state index contributed by atoms with van der Waals surface area (Å²) in [6, 6.07) is 0.